The van der Waals surface area contributed by atoms with E-state index in [1.54, 1.807) is 0 Å². The summed E-state index contributed by atoms with van der Waals surface area (Å²) in [5, 5.41) is 11.3. The van der Waals surface area contributed by atoms with E-state index in [1.165, 1.54) is 38.2 Å². The minimum absolute atomic E-state index is 0.00449. The molecule has 0 amide bonds. The van der Waals surface area contributed by atoms with Gasteiger partial charge in [0.05, 0.1) is 12.7 Å². The molecule has 0 aromatic rings. The molecule has 7 atom stereocenters. The molecule has 4 rings (SSSR count). The van der Waals surface area contributed by atoms with Crippen LogP contribution in [0.4, 0.5) is 0 Å². The van der Waals surface area contributed by atoms with Crippen LogP contribution in [-0.4, -0.2) is 23.8 Å². The number of carbonyl (C=O) groups excluding carboxylic acids is 1. The first-order chi connectivity index (χ1) is 11.7. The third-order valence-corrected chi connectivity index (χ3v) is 8.77. The second-order valence-corrected chi connectivity index (χ2v) is 10.1. The van der Waals surface area contributed by atoms with Gasteiger partial charge in [-0.15, -0.1) is 0 Å². The number of hydrogen-bond acceptors (Lipinski definition) is 3. The number of aliphatic hydroxyl groups excluding tert-OH is 1. The third-order valence-electron chi connectivity index (χ3n) is 8.77. The van der Waals surface area contributed by atoms with Crippen LogP contribution in [0.25, 0.3) is 0 Å². The molecule has 140 valence electrons. The van der Waals surface area contributed by atoms with Gasteiger partial charge in [-0.05, 0) is 68.6 Å². The average molecular weight is 347 g/mol. The minimum Gasteiger partial charge on any atom is -0.465 e. The average Bonchev–Trinajstić information content (AvgIpc) is 2.79. The van der Waals surface area contributed by atoms with E-state index in [0.29, 0.717) is 24.4 Å². The van der Waals surface area contributed by atoms with Crippen molar-refractivity contribution in [2.45, 2.75) is 78.7 Å². The molecule has 1 spiro atoms. The standard InChI is InChI=1S/C22H34O3/c1-14-11-22-12-16(14)6-7-17(22)21(4)9-5-8-20(3,13-25-15(2)23)18(21)10-19(22)24/h11,16-19,24H,5-10,12-13H2,1-4H3/t16-,17+,18-,19+,20-,21+,22+/m1/s1. The topological polar surface area (TPSA) is 46.5 Å². The summed E-state index contributed by atoms with van der Waals surface area (Å²) < 4.78 is 5.49. The van der Waals surface area contributed by atoms with E-state index in [-0.39, 0.29) is 28.3 Å². The predicted octanol–water partition coefficient (Wildman–Crippen LogP) is 4.49. The molecule has 2 bridgehead atoms. The largest absolute Gasteiger partial charge is 0.465 e. The summed E-state index contributed by atoms with van der Waals surface area (Å²) in [5.41, 5.74) is 1.77. The first-order valence-corrected chi connectivity index (χ1v) is 10.2. The van der Waals surface area contributed by atoms with Gasteiger partial charge >= 0.3 is 5.97 Å². The van der Waals surface area contributed by atoms with Gasteiger partial charge in [-0.1, -0.05) is 31.9 Å². The smallest absolute Gasteiger partial charge is 0.302 e. The highest BCUT2D eigenvalue weighted by atomic mass is 16.5. The predicted molar refractivity (Wildman–Crippen MR) is 97.8 cm³/mol. The fourth-order valence-corrected chi connectivity index (χ4v) is 7.68. The Bertz CT molecular complexity index is 610. The van der Waals surface area contributed by atoms with Gasteiger partial charge in [0.15, 0.2) is 0 Å². The van der Waals surface area contributed by atoms with E-state index in [9.17, 15) is 9.90 Å². The lowest BCUT2D eigenvalue weighted by molar-refractivity contribution is -0.198. The molecule has 25 heavy (non-hydrogen) atoms. The monoisotopic (exact) mass is 346 g/mol. The molecule has 0 unspecified atom stereocenters. The molecule has 0 aliphatic heterocycles. The SMILES string of the molecule is CC(=O)OC[C@@]1(C)CCC[C@]2(C)[C@@H]1C[C@H](O)[C@]13C=C(C)[C@H](CC[C@@H]21)C3. The van der Waals surface area contributed by atoms with Gasteiger partial charge in [-0.2, -0.15) is 0 Å². The highest BCUT2D eigenvalue weighted by Gasteiger charge is 2.65. The van der Waals surface area contributed by atoms with Gasteiger partial charge in [-0.25, -0.2) is 0 Å². The van der Waals surface area contributed by atoms with Gasteiger partial charge in [0, 0.05) is 17.8 Å². The van der Waals surface area contributed by atoms with Crippen LogP contribution in [0.1, 0.15) is 72.6 Å². The Morgan fingerprint density at radius 3 is 2.76 bits per heavy atom. The molecule has 3 nitrogen and oxygen atoms in total. The molecular weight excluding hydrogens is 312 g/mol. The normalized spacial score (nSPS) is 51.3. The molecule has 0 heterocycles. The van der Waals surface area contributed by atoms with E-state index in [0.717, 1.165) is 19.3 Å². The summed E-state index contributed by atoms with van der Waals surface area (Å²) in [6.07, 6.45) is 10.3. The van der Waals surface area contributed by atoms with Gasteiger partial charge in [0.25, 0.3) is 0 Å². The quantitative estimate of drug-likeness (QED) is 0.592. The number of aliphatic hydroxyl groups is 1. The highest BCUT2D eigenvalue weighted by Crippen LogP contribution is 2.70. The molecule has 3 heteroatoms. The van der Waals surface area contributed by atoms with Crippen LogP contribution in [0.3, 0.4) is 0 Å². The van der Waals surface area contributed by atoms with Crippen LogP contribution in [0.15, 0.2) is 11.6 Å². The first-order valence-electron chi connectivity index (χ1n) is 10.2. The van der Waals surface area contributed by atoms with Gasteiger partial charge in [0.1, 0.15) is 0 Å². The van der Waals surface area contributed by atoms with Crippen molar-refractivity contribution >= 4 is 5.97 Å². The molecule has 0 aromatic carbocycles. The summed E-state index contributed by atoms with van der Waals surface area (Å²) in [4.78, 5) is 11.4. The zero-order valence-electron chi connectivity index (χ0n) is 16.3. The summed E-state index contributed by atoms with van der Waals surface area (Å²) >= 11 is 0. The lowest BCUT2D eigenvalue weighted by atomic mass is 9.40. The maximum atomic E-state index is 11.4. The van der Waals surface area contributed by atoms with Crippen molar-refractivity contribution in [1.29, 1.82) is 0 Å². The zero-order valence-corrected chi connectivity index (χ0v) is 16.3. The number of allylic oxidation sites excluding steroid dienone is 1. The zero-order chi connectivity index (χ0) is 18.0. The minimum atomic E-state index is -0.245. The number of carbonyl (C=O) groups is 1. The number of ether oxygens (including phenoxy) is 1. The molecule has 4 aliphatic rings. The fraction of sp³-hybridized carbons (Fsp3) is 0.864. The van der Waals surface area contributed by atoms with Crippen LogP contribution in [0.2, 0.25) is 0 Å². The van der Waals surface area contributed by atoms with Crippen LogP contribution < -0.4 is 0 Å². The van der Waals surface area contributed by atoms with Crippen LogP contribution in [0, 0.1) is 34.0 Å². The second-order valence-electron chi connectivity index (χ2n) is 10.1. The van der Waals surface area contributed by atoms with E-state index in [2.05, 4.69) is 26.8 Å². The van der Waals surface area contributed by atoms with Crippen molar-refractivity contribution in [2.75, 3.05) is 6.61 Å². The summed E-state index contributed by atoms with van der Waals surface area (Å²) in [7, 11) is 0. The summed E-state index contributed by atoms with van der Waals surface area (Å²) in [6.45, 7) is 9.07. The van der Waals surface area contributed by atoms with Crippen molar-refractivity contribution in [2.24, 2.45) is 34.0 Å². The number of fused-ring (bicyclic) bond motifs is 3. The van der Waals surface area contributed by atoms with Crippen molar-refractivity contribution < 1.29 is 14.6 Å². The molecule has 4 aliphatic carbocycles. The van der Waals surface area contributed by atoms with Crippen molar-refractivity contribution in [3.63, 3.8) is 0 Å². The van der Waals surface area contributed by atoms with Crippen molar-refractivity contribution in [1.82, 2.24) is 0 Å². The number of esters is 1. The van der Waals surface area contributed by atoms with Crippen molar-refractivity contribution in [3.05, 3.63) is 11.6 Å². The number of rotatable bonds is 2. The molecule has 0 aromatic heterocycles. The summed E-state index contributed by atoms with van der Waals surface area (Å²) in [6, 6.07) is 0. The lowest BCUT2D eigenvalue weighted by Gasteiger charge is -2.65. The third kappa shape index (κ3) is 2.37. The Labute approximate surface area is 152 Å². The van der Waals surface area contributed by atoms with Gasteiger partial charge < -0.3 is 9.84 Å². The Morgan fingerprint density at radius 2 is 2.04 bits per heavy atom. The molecule has 1 N–H and O–H groups in total. The van der Waals surface area contributed by atoms with Crippen LogP contribution >= 0.6 is 0 Å². The maximum absolute atomic E-state index is 11.4. The molecule has 0 radical (unpaired) electrons. The lowest BCUT2D eigenvalue weighted by Crippen LogP contribution is -2.62. The Hall–Kier alpha value is -0.830. The Balaban J connectivity index is 1.71. The second kappa shape index (κ2) is 5.58. The molecular formula is C22H34O3. The Kier molecular flexibility index (Phi) is 3.92. The van der Waals surface area contributed by atoms with E-state index < -0.39 is 0 Å². The Morgan fingerprint density at radius 1 is 1.28 bits per heavy atom. The summed E-state index contributed by atoms with van der Waals surface area (Å²) in [5.74, 6) is 1.52. The van der Waals surface area contributed by atoms with Crippen molar-refractivity contribution in [3.8, 4) is 0 Å². The molecule has 3 fully saturated rings. The van der Waals surface area contributed by atoms with Crippen LogP contribution in [-0.2, 0) is 9.53 Å². The van der Waals surface area contributed by atoms with E-state index >= 15 is 0 Å². The molecule has 3 saturated carbocycles. The fourth-order valence-electron chi connectivity index (χ4n) is 7.68. The van der Waals surface area contributed by atoms with Gasteiger partial charge in [-0.3, -0.25) is 4.79 Å². The van der Waals surface area contributed by atoms with Gasteiger partial charge in [0.2, 0.25) is 0 Å². The number of hydrogen-bond donors (Lipinski definition) is 1. The highest BCUT2D eigenvalue weighted by molar-refractivity contribution is 5.65. The van der Waals surface area contributed by atoms with E-state index in [4.69, 9.17) is 4.74 Å². The van der Waals surface area contributed by atoms with Crippen LogP contribution in [0.5, 0.6) is 0 Å². The molecule has 0 saturated heterocycles. The van der Waals surface area contributed by atoms with E-state index in [1.807, 2.05) is 0 Å². The first kappa shape index (κ1) is 17.6. The maximum Gasteiger partial charge on any atom is 0.302 e.